The monoisotopic (exact) mass is 461 g/mol. The highest BCUT2D eigenvalue weighted by Crippen LogP contribution is 2.50. The van der Waals surface area contributed by atoms with Gasteiger partial charge in [0.25, 0.3) is 0 Å². The fraction of sp³-hybridized carbons (Fsp3) is 0.192. The Morgan fingerprint density at radius 1 is 0.706 bits per heavy atom. The van der Waals surface area contributed by atoms with Crippen molar-refractivity contribution >= 4 is 32.8 Å². The van der Waals surface area contributed by atoms with Gasteiger partial charge in [-0.2, -0.15) is 0 Å². The molecule has 34 heavy (non-hydrogen) atoms. The normalized spacial score (nSPS) is 11.2. The number of nitrogens with zero attached hydrogens (tertiary/aromatic N) is 1. The number of aromatic nitrogens is 1. The first-order valence-corrected chi connectivity index (χ1v) is 10.4. The predicted octanol–water partition coefficient (Wildman–Crippen LogP) is 5.55. The number of furan rings is 1. The summed E-state index contributed by atoms with van der Waals surface area (Å²) in [5.41, 5.74) is 2.38. The van der Waals surface area contributed by atoms with Crippen LogP contribution < -0.4 is 23.7 Å². The van der Waals surface area contributed by atoms with Crippen molar-refractivity contribution < 1.29 is 33.2 Å². The first-order chi connectivity index (χ1) is 16.5. The van der Waals surface area contributed by atoms with Gasteiger partial charge in [-0.1, -0.05) is 0 Å². The van der Waals surface area contributed by atoms with Crippen LogP contribution in [0.1, 0.15) is 0 Å². The summed E-state index contributed by atoms with van der Waals surface area (Å²) in [7, 11) is 7.81. The molecule has 2 aromatic heterocycles. The Kier molecular flexibility index (Phi) is 5.20. The lowest BCUT2D eigenvalue weighted by Crippen LogP contribution is -1.98. The Morgan fingerprint density at radius 2 is 1.47 bits per heavy atom. The molecule has 0 unspecified atom stereocenters. The van der Waals surface area contributed by atoms with Gasteiger partial charge in [0.05, 0.1) is 52.0 Å². The van der Waals surface area contributed by atoms with E-state index in [1.165, 1.54) is 7.11 Å². The second kappa shape index (κ2) is 8.22. The number of ether oxygens (including phenoxy) is 5. The van der Waals surface area contributed by atoms with Gasteiger partial charge in [-0.05, 0) is 42.5 Å². The molecule has 0 amide bonds. The minimum Gasteiger partial charge on any atom is -0.504 e. The Bertz CT molecular complexity index is 1550. The van der Waals surface area contributed by atoms with E-state index in [0.717, 1.165) is 16.2 Å². The number of phenolic OH excluding ortho intramolecular Hbond substituents is 1. The van der Waals surface area contributed by atoms with Gasteiger partial charge >= 0.3 is 0 Å². The van der Waals surface area contributed by atoms with Gasteiger partial charge in [0.15, 0.2) is 23.0 Å². The predicted molar refractivity (Wildman–Crippen MR) is 129 cm³/mol. The van der Waals surface area contributed by atoms with E-state index in [4.69, 9.17) is 33.1 Å². The highest BCUT2D eigenvalue weighted by atomic mass is 16.5. The lowest BCUT2D eigenvalue weighted by molar-refractivity contribution is 0.327. The molecule has 1 N–H and O–H groups in total. The van der Waals surface area contributed by atoms with Gasteiger partial charge < -0.3 is 33.2 Å². The highest BCUT2D eigenvalue weighted by Gasteiger charge is 2.25. The number of phenols is 1. The highest BCUT2D eigenvalue weighted by molar-refractivity contribution is 6.22. The van der Waals surface area contributed by atoms with Crippen LogP contribution in [0.2, 0.25) is 0 Å². The average molecular weight is 461 g/mol. The summed E-state index contributed by atoms with van der Waals surface area (Å²) in [4.78, 5) is 4.89. The summed E-state index contributed by atoms with van der Waals surface area (Å²) in [6, 6.07) is 12.5. The van der Waals surface area contributed by atoms with E-state index in [0.29, 0.717) is 56.7 Å². The number of benzene rings is 3. The van der Waals surface area contributed by atoms with Crippen LogP contribution in [0.15, 0.2) is 46.9 Å². The van der Waals surface area contributed by atoms with E-state index in [1.807, 2.05) is 24.3 Å². The van der Waals surface area contributed by atoms with Crippen LogP contribution in [0.5, 0.6) is 34.5 Å². The van der Waals surface area contributed by atoms with Crippen molar-refractivity contribution in [2.24, 2.45) is 0 Å². The van der Waals surface area contributed by atoms with Crippen molar-refractivity contribution in [2.45, 2.75) is 0 Å². The van der Waals surface area contributed by atoms with E-state index < -0.39 is 0 Å². The molecule has 0 spiro atoms. The lowest BCUT2D eigenvalue weighted by Gasteiger charge is -2.17. The van der Waals surface area contributed by atoms with E-state index in [2.05, 4.69) is 0 Å². The molecule has 5 rings (SSSR count). The molecule has 3 aromatic carbocycles. The molecule has 0 saturated heterocycles. The zero-order valence-electron chi connectivity index (χ0n) is 19.4. The van der Waals surface area contributed by atoms with Gasteiger partial charge in [-0.3, -0.25) is 0 Å². The van der Waals surface area contributed by atoms with Crippen molar-refractivity contribution in [2.75, 3.05) is 35.5 Å². The van der Waals surface area contributed by atoms with Crippen LogP contribution >= 0.6 is 0 Å². The number of pyridine rings is 1. The molecule has 0 fully saturated rings. The standard InChI is InChI=1S/C26H23NO7/c1-29-14-7-9-18-15(11-14)21-16-12-20(31-3)24(32-4)25(33-5)22(16)23(27-26(21)34-18)13-6-8-17(28)19(10-13)30-2/h6-12,28H,1-5H3. The lowest BCUT2D eigenvalue weighted by atomic mass is 9.98. The fourth-order valence-electron chi connectivity index (χ4n) is 4.31. The Labute approximate surface area is 195 Å². The molecule has 8 heteroatoms. The summed E-state index contributed by atoms with van der Waals surface area (Å²) in [5.74, 6) is 2.45. The van der Waals surface area contributed by atoms with Crippen LogP contribution in [0.25, 0.3) is 44.1 Å². The van der Waals surface area contributed by atoms with Crippen molar-refractivity contribution in [1.29, 1.82) is 0 Å². The van der Waals surface area contributed by atoms with Crippen molar-refractivity contribution in [3.63, 3.8) is 0 Å². The minimum atomic E-state index is 0.0266. The summed E-state index contributed by atoms with van der Waals surface area (Å²) >= 11 is 0. The summed E-state index contributed by atoms with van der Waals surface area (Å²) in [5, 5.41) is 13.3. The van der Waals surface area contributed by atoms with Crippen molar-refractivity contribution in [3.05, 3.63) is 42.5 Å². The van der Waals surface area contributed by atoms with Crippen molar-refractivity contribution in [1.82, 2.24) is 4.98 Å². The van der Waals surface area contributed by atoms with E-state index in [-0.39, 0.29) is 5.75 Å². The van der Waals surface area contributed by atoms with Gasteiger partial charge in [0, 0.05) is 16.3 Å². The molecule has 8 nitrogen and oxygen atoms in total. The number of rotatable bonds is 6. The van der Waals surface area contributed by atoms with E-state index >= 15 is 0 Å². The second-order valence-corrected chi connectivity index (χ2v) is 7.56. The molecule has 0 aliphatic heterocycles. The smallest absolute Gasteiger partial charge is 0.228 e. The SMILES string of the molecule is COc1ccc2oc3nc(-c4ccc(O)c(OC)c4)c4c(OC)c(OC)c(OC)cc4c3c2c1. The number of hydrogen-bond donors (Lipinski definition) is 1. The first-order valence-electron chi connectivity index (χ1n) is 10.4. The second-order valence-electron chi connectivity index (χ2n) is 7.56. The Morgan fingerprint density at radius 3 is 2.15 bits per heavy atom. The van der Waals surface area contributed by atoms with Crippen molar-refractivity contribution in [3.8, 4) is 45.8 Å². The zero-order valence-corrected chi connectivity index (χ0v) is 19.4. The molecule has 174 valence electrons. The topological polar surface area (TPSA) is 92.4 Å². The first kappa shape index (κ1) is 21.5. The van der Waals surface area contributed by atoms with Crippen LogP contribution in [0, 0.1) is 0 Å². The maximum absolute atomic E-state index is 10.1. The Balaban J connectivity index is 2.02. The van der Waals surface area contributed by atoms with Crippen LogP contribution in [0.4, 0.5) is 0 Å². The third kappa shape index (κ3) is 3.10. The average Bonchev–Trinajstić information content (AvgIpc) is 3.24. The molecular formula is C26H23NO7. The molecule has 0 saturated carbocycles. The summed E-state index contributed by atoms with van der Waals surface area (Å²) < 4.78 is 34.0. The summed E-state index contributed by atoms with van der Waals surface area (Å²) in [6.45, 7) is 0. The third-order valence-electron chi connectivity index (χ3n) is 5.88. The minimum absolute atomic E-state index is 0.0266. The van der Waals surface area contributed by atoms with Crippen LogP contribution in [-0.4, -0.2) is 45.6 Å². The zero-order chi connectivity index (χ0) is 24.0. The number of methoxy groups -OCH3 is 5. The molecule has 0 atom stereocenters. The van der Waals surface area contributed by atoms with Crippen LogP contribution in [-0.2, 0) is 0 Å². The number of fused-ring (bicyclic) bond motifs is 5. The third-order valence-corrected chi connectivity index (χ3v) is 5.88. The van der Waals surface area contributed by atoms with Crippen LogP contribution in [0.3, 0.4) is 0 Å². The molecule has 0 aliphatic rings. The van der Waals surface area contributed by atoms with Gasteiger partial charge in [0.1, 0.15) is 11.3 Å². The molecule has 0 radical (unpaired) electrons. The van der Waals surface area contributed by atoms with Gasteiger partial charge in [0.2, 0.25) is 11.5 Å². The maximum atomic E-state index is 10.1. The molecule has 0 aliphatic carbocycles. The molecular weight excluding hydrogens is 438 g/mol. The van der Waals surface area contributed by atoms with Gasteiger partial charge in [-0.15, -0.1) is 0 Å². The number of aromatic hydroxyl groups is 1. The molecule has 2 heterocycles. The van der Waals surface area contributed by atoms with E-state index in [9.17, 15) is 5.11 Å². The van der Waals surface area contributed by atoms with E-state index in [1.54, 1.807) is 46.6 Å². The maximum Gasteiger partial charge on any atom is 0.228 e. The molecule has 5 aromatic rings. The fourth-order valence-corrected chi connectivity index (χ4v) is 4.31. The summed E-state index contributed by atoms with van der Waals surface area (Å²) in [6.07, 6.45) is 0. The number of hydrogen-bond acceptors (Lipinski definition) is 8. The molecule has 0 bridgehead atoms. The quantitative estimate of drug-likeness (QED) is 0.352. The van der Waals surface area contributed by atoms with Gasteiger partial charge in [-0.25, -0.2) is 4.98 Å². The Hall–Kier alpha value is -4.33. The largest absolute Gasteiger partial charge is 0.504 e.